The van der Waals surface area contributed by atoms with Crippen LogP contribution < -0.4 is 5.32 Å². The molecule has 0 spiro atoms. The van der Waals surface area contributed by atoms with Crippen LogP contribution in [0.1, 0.15) is 32.8 Å². The topological polar surface area (TPSA) is 24.9 Å². The molecule has 1 heterocycles. The number of nitrogens with one attached hydrogen (secondary N) is 1. The standard InChI is InChI=1S/C17H22N2/c1-12-6-7-15-14(10-12)8-9-18-16(15)19-13(2)11-17(3,4)5/h6-10H,2,11H2,1,3-5H3,(H,18,19). The number of aromatic nitrogens is 1. The lowest BCUT2D eigenvalue weighted by Gasteiger charge is -2.20. The first kappa shape index (κ1) is 13.6. The molecule has 0 amide bonds. The summed E-state index contributed by atoms with van der Waals surface area (Å²) in [5.41, 5.74) is 2.50. The maximum atomic E-state index is 4.43. The molecule has 1 N–H and O–H groups in total. The summed E-state index contributed by atoms with van der Waals surface area (Å²) in [6.45, 7) is 12.8. The van der Waals surface area contributed by atoms with Crippen LogP contribution in [0.15, 0.2) is 42.7 Å². The van der Waals surface area contributed by atoms with E-state index in [1.165, 1.54) is 10.9 Å². The van der Waals surface area contributed by atoms with Gasteiger partial charge in [0.1, 0.15) is 5.82 Å². The van der Waals surface area contributed by atoms with E-state index in [0.717, 1.165) is 23.3 Å². The normalized spacial score (nSPS) is 11.6. The van der Waals surface area contributed by atoms with Crippen LogP contribution in [0.25, 0.3) is 10.8 Å². The molecule has 2 nitrogen and oxygen atoms in total. The van der Waals surface area contributed by atoms with Gasteiger partial charge in [0.25, 0.3) is 0 Å². The molecule has 0 unspecified atom stereocenters. The van der Waals surface area contributed by atoms with Gasteiger partial charge in [-0.1, -0.05) is 51.1 Å². The van der Waals surface area contributed by atoms with Crippen LogP contribution >= 0.6 is 0 Å². The first-order valence-corrected chi connectivity index (χ1v) is 6.65. The van der Waals surface area contributed by atoms with Gasteiger partial charge in [-0.25, -0.2) is 4.98 Å². The molecule has 1 aromatic carbocycles. The molecule has 0 atom stereocenters. The molecule has 0 saturated carbocycles. The van der Waals surface area contributed by atoms with Crippen molar-refractivity contribution < 1.29 is 0 Å². The third-order valence-corrected chi connectivity index (χ3v) is 2.96. The Morgan fingerprint density at radius 3 is 2.68 bits per heavy atom. The van der Waals surface area contributed by atoms with Crippen molar-refractivity contribution in [2.24, 2.45) is 5.41 Å². The number of hydrogen-bond donors (Lipinski definition) is 1. The Kier molecular flexibility index (Phi) is 3.61. The summed E-state index contributed by atoms with van der Waals surface area (Å²) in [6.07, 6.45) is 2.77. The van der Waals surface area contributed by atoms with Gasteiger partial charge in [0, 0.05) is 17.3 Å². The molecule has 19 heavy (non-hydrogen) atoms. The summed E-state index contributed by atoms with van der Waals surface area (Å²) in [5, 5.41) is 5.71. The highest BCUT2D eigenvalue weighted by molar-refractivity contribution is 5.92. The lowest BCUT2D eigenvalue weighted by Crippen LogP contribution is -2.11. The predicted octanol–water partition coefficient (Wildman–Crippen LogP) is 4.91. The summed E-state index contributed by atoms with van der Waals surface area (Å²) in [7, 11) is 0. The number of benzene rings is 1. The lowest BCUT2D eigenvalue weighted by molar-refractivity contribution is 0.411. The Bertz CT molecular complexity index is 606. The zero-order valence-electron chi connectivity index (χ0n) is 12.2. The van der Waals surface area contributed by atoms with E-state index in [4.69, 9.17) is 0 Å². The minimum Gasteiger partial charge on any atom is -0.344 e. The SMILES string of the molecule is C=C(CC(C)(C)C)Nc1nccc2cc(C)ccc12. The van der Waals surface area contributed by atoms with Crippen LogP contribution in [0.3, 0.4) is 0 Å². The molecule has 2 heteroatoms. The van der Waals surface area contributed by atoms with Crippen LogP contribution in [0.4, 0.5) is 5.82 Å². The smallest absolute Gasteiger partial charge is 0.137 e. The Balaban J connectivity index is 2.28. The Morgan fingerprint density at radius 1 is 1.26 bits per heavy atom. The molecule has 0 radical (unpaired) electrons. The van der Waals surface area contributed by atoms with Crippen LogP contribution in [0.5, 0.6) is 0 Å². The van der Waals surface area contributed by atoms with Crippen molar-refractivity contribution in [3.8, 4) is 0 Å². The second kappa shape index (κ2) is 5.04. The second-order valence-corrected chi connectivity index (χ2v) is 6.35. The number of pyridine rings is 1. The summed E-state index contributed by atoms with van der Waals surface area (Å²) >= 11 is 0. The lowest BCUT2D eigenvalue weighted by atomic mass is 9.91. The van der Waals surface area contributed by atoms with E-state index in [-0.39, 0.29) is 5.41 Å². The van der Waals surface area contributed by atoms with E-state index in [1.54, 1.807) is 0 Å². The van der Waals surface area contributed by atoms with Crippen LogP contribution in [0, 0.1) is 12.3 Å². The molecular formula is C17H22N2. The van der Waals surface area contributed by atoms with Gasteiger partial charge in [-0.05, 0) is 30.2 Å². The quantitative estimate of drug-likeness (QED) is 0.842. The maximum absolute atomic E-state index is 4.43. The van der Waals surface area contributed by atoms with Crippen LogP contribution in [-0.4, -0.2) is 4.98 Å². The molecular weight excluding hydrogens is 232 g/mol. The summed E-state index contributed by atoms with van der Waals surface area (Å²) < 4.78 is 0. The number of fused-ring (bicyclic) bond motifs is 1. The molecule has 0 fully saturated rings. The summed E-state index contributed by atoms with van der Waals surface area (Å²) in [5.74, 6) is 0.895. The fourth-order valence-electron chi connectivity index (χ4n) is 2.25. The zero-order chi connectivity index (χ0) is 14.0. The fraction of sp³-hybridized carbons (Fsp3) is 0.353. The highest BCUT2D eigenvalue weighted by Gasteiger charge is 2.13. The third-order valence-electron chi connectivity index (χ3n) is 2.96. The van der Waals surface area contributed by atoms with Crippen LogP contribution in [-0.2, 0) is 0 Å². The summed E-state index contributed by atoms with van der Waals surface area (Å²) in [6, 6.07) is 8.45. The maximum Gasteiger partial charge on any atom is 0.137 e. The Hall–Kier alpha value is -1.83. The number of aryl methyl sites for hydroxylation is 1. The van der Waals surface area contributed by atoms with E-state index < -0.39 is 0 Å². The zero-order valence-corrected chi connectivity index (χ0v) is 12.2. The van der Waals surface area contributed by atoms with Gasteiger partial charge in [-0.3, -0.25) is 0 Å². The first-order valence-electron chi connectivity index (χ1n) is 6.65. The van der Waals surface area contributed by atoms with Crippen molar-refractivity contribution in [3.05, 3.63) is 48.3 Å². The Morgan fingerprint density at radius 2 is 2.00 bits per heavy atom. The van der Waals surface area contributed by atoms with Gasteiger partial charge < -0.3 is 5.32 Å². The average Bonchev–Trinajstić information content (AvgIpc) is 2.26. The molecule has 0 aliphatic rings. The van der Waals surface area contributed by atoms with Crippen molar-refractivity contribution in [2.45, 2.75) is 34.1 Å². The van der Waals surface area contributed by atoms with Crippen LogP contribution in [0.2, 0.25) is 0 Å². The van der Waals surface area contributed by atoms with Gasteiger partial charge >= 0.3 is 0 Å². The predicted molar refractivity (Wildman–Crippen MR) is 83.3 cm³/mol. The molecule has 0 aliphatic carbocycles. The van der Waals surface area contributed by atoms with Gasteiger partial charge in [-0.2, -0.15) is 0 Å². The van der Waals surface area contributed by atoms with E-state index in [9.17, 15) is 0 Å². The second-order valence-electron chi connectivity index (χ2n) is 6.35. The summed E-state index contributed by atoms with van der Waals surface area (Å²) in [4.78, 5) is 4.43. The van der Waals surface area contributed by atoms with E-state index in [1.807, 2.05) is 12.3 Å². The van der Waals surface area contributed by atoms with E-state index in [2.05, 4.69) is 62.8 Å². The van der Waals surface area contributed by atoms with Crippen molar-refractivity contribution in [1.82, 2.24) is 4.98 Å². The molecule has 1 aromatic heterocycles. The van der Waals surface area contributed by atoms with Gasteiger partial charge in [0.15, 0.2) is 0 Å². The van der Waals surface area contributed by atoms with Crippen molar-refractivity contribution in [1.29, 1.82) is 0 Å². The number of rotatable bonds is 3. The molecule has 2 rings (SSSR count). The molecule has 0 aliphatic heterocycles. The molecule has 100 valence electrons. The fourth-order valence-corrected chi connectivity index (χ4v) is 2.25. The van der Waals surface area contributed by atoms with Gasteiger partial charge in [0.2, 0.25) is 0 Å². The molecule has 0 bridgehead atoms. The van der Waals surface area contributed by atoms with Gasteiger partial charge in [0.05, 0.1) is 0 Å². The third kappa shape index (κ3) is 3.57. The largest absolute Gasteiger partial charge is 0.344 e. The van der Waals surface area contributed by atoms with Crippen molar-refractivity contribution in [3.63, 3.8) is 0 Å². The molecule has 0 saturated heterocycles. The minimum atomic E-state index is 0.227. The number of nitrogens with zero attached hydrogens (tertiary/aromatic N) is 1. The monoisotopic (exact) mass is 254 g/mol. The average molecular weight is 254 g/mol. The Labute approximate surface area is 115 Å². The van der Waals surface area contributed by atoms with Gasteiger partial charge in [-0.15, -0.1) is 0 Å². The highest BCUT2D eigenvalue weighted by atomic mass is 15.0. The van der Waals surface area contributed by atoms with E-state index >= 15 is 0 Å². The minimum absolute atomic E-state index is 0.227. The van der Waals surface area contributed by atoms with E-state index in [0.29, 0.717) is 0 Å². The number of anilines is 1. The number of hydrogen-bond acceptors (Lipinski definition) is 2. The van der Waals surface area contributed by atoms with Crippen molar-refractivity contribution in [2.75, 3.05) is 5.32 Å². The molecule has 2 aromatic rings. The highest BCUT2D eigenvalue weighted by Crippen LogP contribution is 2.27. The van der Waals surface area contributed by atoms with Crippen molar-refractivity contribution >= 4 is 16.6 Å². The number of allylic oxidation sites excluding steroid dienone is 1. The first-order chi connectivity index (χ1) is 8.85.